The summed E-state index contributed by atoms with van der Waals surface area (Å²) in [6, 6.07) is 4.61. The topological polar surface area (TPSA) is 57.7 Å². The van der Waals surface area contributed by atoms with Gasteiger partial charge in [-0.15, -0.1) is 0 Å². The molecule has 5 nitrogen and oxygen atoms in total. The summed E-state index contributed by atoms with van der Waals surface area (Å²) in [7, 11) is 2.43. The van der Waals surface area contributed by atoms with Crippen molar-refractivity contribution in [3.8, 4) is 17.4 Å². The summed E-state index contributed by atoms with van der Waals surface area (Å²) in [6.45, 7) is 3.43. The van der Waals surface area contributed by atoms with Crippen LogP contribution in [0.15, 0.2) is 28.9 Å². The third kappa shape index (κ3) is 4.25. The Morgan fingerprint density at radius 2 is 1.96 bits per heavy atom. The molecule has 118 valence electrons. The van der Waals surface area contributed by atoms with Crippen LogP contribution in [0.2, 0.25) is 10.0 Å². The molecule has 1 aromatic carbocycles. The van der Waals surface area contributed by atoms with Gasteiger partial charge in [-0.2, -0.15) is 0 Å². The van der Waals surface area contributed by atoms with Crippen LogP contribution in [0.1, 0.15) is 10.4 Å². The Labute approximate surface area is 151 Å². The van der Waals surface area contributed by atoms with Crippen LogP contribution in [0, 0.1) is 0 Å². The molecule has 1 heterocycles. The molecule has 0 saturated carbocycles. The van der Waals surface area contributed by atoms with E-state index in [2.05, 4.69) is 27.4 Å². The zero-order chi connectivity index (χ0) is 17.0. The molecule has 0 unspecified atom stereocenters. The Balaban J connectivity index is 2.41. The summed E-state index contributed by atoms with van der Waals surface area (Å²) in [4.78, 5) is 15.9. The van der Waals surface area contributed by atoms with Crippen LogP contribution in [0.3, 0.4) is 0 Å². The number of pyridine rings is 1. The van der Waals surface area contributed by atoms with Crippen molar-refractivity contribution in [2.75, 3.05) is 7.11 Å². The molecule has 2 aromatic rings. The van der Waals surface area contributed by atoms with Gasteiger partial charge >= 0.3 is 152 Å². The molecular weight excluding hydrogens is 408 g/mol. The Morgan fingerprint density at radius 3 is 2.52 bits per heavy atom. The SMILES string of the molecule is C=BOc1cnc(Oc2c(Cl)cc(Br)cc2Cl)cc1C(=O)OC. The fourth-order valence-electron chi connectivity index (χ4n) is 1.66. The van der Waals surface area contributed by atoms with Gasteiger partial charge in [0.25, 0.3) is 0 Å². The van der Waals surface area contributed by atoms with E-state index in [0.29, 0.717) is 4.47 Å². The molecule has 1 aromatic heterocycles. The third-order valence-corrected chi connectivity index (χ3v) is 3.65. The van der Waals surface area contributed by atoms with Crippen LogP contribution in [-0.2, 0) is 4.74 Å². The number of carbonyl (C=O) groups is 1. The van der Waals surface area contributed by atoms with Gasteiger partial charge in [0.2, 0.25) is 0 Å². The molecule has 0 fully saturated rings. The molecule has 0 aliphatic carbocycles. The second-order valence-electron chi connectivity index (χ2n) is 4.10. The Bertz CT molecular complexity index is 749. The zero-order valence-corrected chi connectivity index (χ0v) is 14.9. The average Bonchev–Trinajstić information content (AvgIpc) is 2.51. The monoisotopic (exact) mass is 415 g/mol. The van der Waals surface area contributed by atoms with Crippen molar-refractivity contribution in [2.45, 2.75) is 0 Å². The summed E-state index contributed by atoms with van der Waals surface area (Å²) in [5, 5.41) is 0.578. The first-order valence-corrected chi connectivity index (χ1v) is 7.69. The van der Waals surface area contributed by atoms with E-state index in [4.69, 9.17) is 37.3 Å². The van der Waals surface area contributed by atoms with Crippen molar-refractivity contribution in [3.63, 3.8) is 0 Å². The summed E-state index contributed by atoms with van der Waals surface area (Å²) in [6.07, 6.45) is 1.31. The van der Waals surface area contributed by atoms with E-state index < -0.39 is 5.97 Å². The third-order valence-electron chi connectivity index (χ3n) is 2.63. The zero-order valence-electron chi connectivity index (χ0n) is 11.8. The van der Waals surface area contributed by atoms with Crippen LogP contribution in [-0.4, -0.2) is 31.7 Å². The van der Waals surface area contributed by atoms with Gasteiger partial charge in [-0.3, -0.25) is 0 Å². The van der Waals surface area contributed by atoms with Gasteiger partial charge in [0, 0.05) is 0 Å². The molecule has 0 radical (unpaired) electrons. The van der Waals surface area contributed by atoms with Gasteiger partial charge in [-0.25, -0.2) is 0 Å². The van der Waals surface area contributed by atoms with E-state index >= 15 is 0 Å². The summed E-state index contributed by atoms with van der Waals surface area (Å²) < 4.78 is 16.1. The summed E-state index contributed by atoms with van der Waals surface area (Å²) in [5.41, 5.74) is 0.127. The summed E-state index contributed by atoms with van der Waals surface area (Å²) in [5.74, 6) is -0.0977. The number of esters is 1. The first kappa shape index (κ1) is 17.8. The van der Waals surface area contributed by atoms with Crippen molar-refractivity contribution in [1.82, 2.24) is 4.98 Å². The van der Waals surface area contributed by atoms with E-state index in [0.717, 1.165) is 0 Å². The van der Waals surface area contributed by atoms with E-state index in [1.54, 1.807) is 12.1 Å². The first-order valence-electron chi connectivity index (χ1n) is 6.14. The molecule has 0 N–H and O–H groups in total. The van der Waals surface area contributed by atoms with Crippen molar-refractivity contribution >= 4 is 58.7 Å². The van der Waals surface area contributed by atoms with E-state index in [9.17, 15) is 4.79 Å². The summed E-state index contributed by atoms with van der Waals surface area (Å²) >= 11 is 15.5. The number of nitrogens with zero attached hydrogens (tertiary/aromatic N) is 1. The predicted molar refractivity (Wildman–Crippen MR) is 93.3 cm³/mol. The second-order valence-corrected chi connectivity index (χ2v) is 5.83. The maximum atomic E-state index is 11.8. The van der Waals surface area contributed by atoms with Crippen molar-refractivity contribution in [2.24, 2.45) is 0 Å². The van der Waals surface area contributed by atoms with Gasteiger partial charge < -0.3 is 0 Å². The molecule has 0 atom stereocenters. The molecule has 23 heavy (non-hydrogen) atoms. The number of rotatable bonds is 5. The van der Waals surface area contributed by atoms with Gasteiger partial charge in [0.05, 0.1) is 0 Å². The molecule has 2 rings (SSSR count). The van der Waals surface area contributed by atoms with Gasteiger partial charge in [0.1, 0.15) is 0 Å². The Kier molecular flexibility index (Phi) is 6.04. The normalized spacial score (nSPS) is 9.91. The van der Waals surface area contributed by atoms with Gasteiger partial charge in [-0.1, -0.05) is 0 Å². The molecule has 0 bridgehead atoms. The minimum absolute atomic E-state index is 0.105. The molecule has 0 saturated heterocycles. The number of benzene rings is 1. The van der Waals surface area contributed by atoms with E-state index in [1.807, 2.05) is 0 Å². The number of halogens is 3. The number of carbonyl (C=O) groups excluding carboxylic acids is 1. The molecule has 9 heteroatoms. The second kappa shape index (κ2) is 7.81. The Hall–Kier alpha value is -1.57. The number of aromatic nitrogens is 1. The molecule has 0 amide bonds. The van der Waals surface area contributed by atoms with Gasteiger partial charge in [-0.05, 0) is 0 Å². The minimum atomic E-state index is -0.609. The average molecular weight is 417 g/mol. The predicted octanol–water partition coefficient (Wildman–Crippen LogP) is 4.16. The number of ether oxygens (including phenoxy) is 2. The van der Waals surface area contributed by atoms with Crippen molar-refractivity contribution in [3.05, 3.63) is 44.5 Å². The molecule has 0 aliphatic heterocycles. The van der Waals surface area contributed by atoms with Crippen LogP contribution >= 0.6 is 39.1 Å². The molecular formula is C14H9BBrCl2NO4. The molecule has 0 aliphatic rings. The van der Waals surface area contributed by atoms with Crippen LogP contribution in [0.5, 0.6) is 17.4 Å². The maximum absolute atomic E-state index is 11.8. The fraction of sp³-hybridized carbons (Fsp3) is 0.0714. The van der Waals surface area contributed by atoms with Gasteiger partial charge in [0.15, 0.2) is 0 Å². The van der Waals surface area contributed by atoms with Crippen LogP contribution in [0.4, 0.5) is 0 Å². The number of hydrogen-bond acceptors (Lipinski definition) is 5. The van der Waals surface area contributed by atoms with Crippen LogP contribution in [0.25, 0.3) is 0 Å². The Morgan fingerprint density at radius 1 is 1.30 bits per heavy atom. The first-order chi connectivity index (χ1) is 11.0. The van der Waals surface area contributed by atoms with Crippen LogP contribution < -0.4 is 9.39 Å². The van der Waals surface area contributed by atoms with E-state index in [-0.39, 0.29) is 33.0 Å². The standard InChI is InChI=1S/C14H9BBrCl2NO4/c1-15-23-11-6-19-12(5-8(11)14(20)21-2)22-13-9(17)3-7(16)4-10(13)18/h3-6H,1H2,2H3. The number of methoxy groups -OCH3 is 1. The van der Waals surface area contributed by atoms with E-state index in [1.165, 1.54) is 26.5 Å². The van der Waals surface area contributed by atoms with Crippen molar-refractivity contribution in [1.29, 1.82) is 0 Å². The molecule has 0 spiro atoms. The van der Waals surface area contributed by atoms with Crippen molar-refractivity contribution < 1.29 is 18.9 Å². The fourth-order valence-corrected chi connectivity index (χ4v) is 2.95. The number of hydrogen-bond donors (Lipinski definition) is 0. The quantitative estimate of drug-likeness (QED) is 0.541.